The molecule has 1 aliphatic carbocycles. The van der Waals surface area contributed by atoms with E-state index in [0.29, 0.717) is 16.6 Å². The number of hydrogen-bond donors (Lipinski definition) is 0. The fourth-order valence-electron chi connectivity index (χ4n) is 5.74. The van der Waals surface area contributed by atoms with E-state index in [1.807, 2.05) is 19.0 Å². The minimum atomic E-state index is -2.36. The van der Waals surface area contributed by atoms with Crippen molar-refractivity contribution in [2.24, 2.45) is 0 Å². The first-order valence-corrected chi connectivity index (χ1v) is 14.0. The largest absolute Gasteiger partial charge is 0.502 e. The highest BCUT2D eigenvalue weighted by atomic mass is 28.4. The topological polar surface area (TPSA) is 36.0 Å². The molecule has 5 nitrogen and oxygen atoms in total. The van der Waals surface area contributed by atoms with Gasteiger partial charge in [0.1, 0.15) is 0 Å². The molecule has 1 heterocycles. The summed E-state index contributed by atoms with van der Waals surface area (Å²) < 4.78 is 6.65. The van der Waals surface area contributed by atoms with Gasteiger partial charge in [0, 0.05) is 26.8 Å². The van der Waals surface area contributed by atoms with Crippen LogP contribution in [0, 0.1) is 0 Å². The number of carbonyl (C=O) groups is 1. The predicted octanol–water partition coefficient (Wildman–Crippen LogP) is 6.57. The maximum absolute atomic E-state index is 14.0. The number of benzene rings is 1. The van der Waals surface area contributed by atoms with E-state index in [1.54, 1.807) is 0 Å². The second kappa shape index (κ2) is 8.97. The Hall–Kier alpha value is -2.21. The summed E-state index contributed by atoms with van der Waals surface area (Å²) in [6, 6.07) is 6.31. The van der Waals surface area contributed by atoms with Gasteiger partial charge in [-0.15, -0.1) is 0 Å². The molecule has 1 aliphatic heterocycles. The Balaban J connectivity index is 2.12. The van der Waals surface area contributed by atoms with Crippen LogP contribution >= 0.6 is 0 Å². The number of anilines is 3. The van der Waals surface area contributed by atoms with E-state index in [1.165, 1.54) is 5.57 Å². The summed E-state index contributed by atoms with van der Waals surface area (Å²) in [7, 11) is 3.84. The molecule has 0 radical (unpaired) electrons. The SMILES string of the molecule is CC1=CC2C(C=C1)N(C(=O)O[Si](C(C)C)(C(C)C)C(C)C)c1ccc(N(C)C)cc1N2C. The highest BCUT2D eigenvalue weighted by molar-refractivity contribution is 6.79. The molecule has 2 atom stereocenters. The van der Waals surface area contributed by atoms with Gasteiger partial charge in [0.15, 0.2) is 0 Å². The van der Waals surface area contributed by atoms with E-state index in [0.717, 1.165) is 17.1 Å². The molecular formula is C26H41N3O2Si. The fraction of sp³-hybridized carbons (Fsp3) is 0.577. The van der Waals surface area contributed by atoms with Crippen LogP contribution in [0.5, 0.6) is 0 Å². The van der Waals surface area contributed by atoms with Gasteiger partial charge in [-0.2, -0.15) is 0 Å². The minimum absolute atomic E-state index is 0.0747. The highest BCUT2D eigenvalue weighted by Gasteiger charge is 2.50. The third-order valence-corrected chi connectivity index (χ3v) is 13.3. The molecule has 1 aromatic carbocycles. The molecule has 0 spiro atoms. The molecule has 2 aliphatic rings. The van der Waals surface area contributed by atoms with Crippen molar-refractivity contribution in [1.82, 2.24) is 0 Å². The molecule has 1 amide bonds. The average molecular weight is 456 g/mol. The van der Waals surface area contributed by atoms with Crippen LogP contribution in [-0.2, 0) is 4.43 Å². The molecule has 0 saturated carbocycles. The quantitative estimate of drug-likeness (QED) is 0.470. The maximum Gasteiger partial charge on any atom is 0.401 e. The summed E-state index contributed by atoms with van der Waals surface area (Å²) in [6.07, 6.45) is 6.33. The van der Waals surface area contributed by atoms with Crippen molar-refractivity contribution in [1.29, 1.82) is 0 Å². The molecule has 3 rings (SSSR count). The normalized spacial score (nSPS) is 20.5. The van der Waals surface area contributed by atoms with E-state index in [4.69, 9.17) is 4.43 Å². The lowest BCUT2D eigenvalue weighted by atomic mass is 9.92. The summed E-state index contributed by atoms with van der Waals surface area (Å²) in [5.41, 5.74) is 5.33. The number of rotatable bonds is 5. The van der Waals surface area contributed by atoms with E-state index in [9.17, 15) is 4.79 Å². The van der Waals surface area contributed by atoms with Crippen LogP contribution in [0.4, 0.5) is 21.9 Å². The Morgan fingerprint density at radius 3 is 2.12 bits per heavy atom. The average Bonchev–Trinajstić information content (AvgIpc) is 2.71. The lowest BCUT2D eigenvalue weighted by molar-refractivity contribution is 0.198. The zero-order valence-electron chi connectivity index (χ0n) is 21.5. The molecule has 0 aromatic heterocycles. The molecule has 2 unspecified atom stereocenters. The molecule has 0 bridgehead atoms. The monoisotopic (exact) mass is 455 g/mol. The van der Waals surface area contributed by atoms with Gasteiger partial charge < -0.3 is 14.2 Å². The van der Waals surface area contributed by atoms with Crippen molar-refractivity contribution in [3.8, 4) is 0 Å². The number of hydrogen-bond acceptors (Lipinski definition) is 4. The van der Waals surface area contributed by atoms with Crippen molar-refractivity contribution < 1.29 is 9.22 Å². The highest BCUT2D eigenvalue weighted by Crippen LogP contribution is 2.46. The summed E-state index contributed by atoms with van der Waals surface area (Å²) in [5, 5.41) is 0. The second-order valence-corrected chi connectivity index (χ2v) is 15.9. The summed E-state index contributed by atoms with van der Waals surface area (Å²) in [4.78, 5) is 20.3. The number of nitrogens with zero attached hydrogens (tertiary/aromatic N) is 3. The molecule has 0 N–H and O–H groups in total. The zero-order chi connectivity index (χ0) is 24.0. The fourth-order valence-corrected chi connectivity index (χ4v) is 10.8. The van der Waals surface area contributed by atoms with Crippen LogP contribution in [0.25, 0.3) is 0 Å². The van der Waals surface area contributed by atoms with E-state index in [-0.39, 0.29) is 18.2 Å². The van der Waals surface area contributed by atoms with E-state index >= 15 is 0 Å². The van der Waals surface area contributed by atoms with Crippen molar-refractivity contribution in [2.75, 3.05) is 35.8 Å². The van der Waals surface area contributed by atoms with Gasteiger partial charge in [-0.25, -0.2) is 4.79 Å². The van der Waals surface area contributed by atoms with Crippen LogP contribution < -0.4 is 14.7 Å². The van der Waals surface area contributed by atoms with Gasteiger partial charge in [-0.1, -0.05) is 65.3 Å². The summed E-state index contributed by atoms with van der Waals surface area (Å²) in [6.45, 7) is 15.4. The number of carbonyl (C=O) groups excluding carboxylic acids is 1. The Morgan fingerprint density at radius 2 is 1.59 bits per heavy atom. The molecule has 32 heavy (non-hydrogen) atoms. The number of allylic oxidation sites excluding steroid dienone is 2. The zero-order valence-corrected chi connectivity index (χ0v) is 22.5. The van der Waals surface area contributed by atoms with Gasteiger partial charge in [-0.05, 0) is 41.7 Å². The Kier molecular flexibility index (Phi) is 6.85. The summed E-state index contributed by atoms with van der Waals surface area (Å²) >= 11 is 0. The third kappa shape index (κ3) is 3.98. The first-order chi connectivity index (χ1) is 14.9. The van der Waals surface area contributed by atoms with E-state index in [2.05, 4.69) is 102 Å². The van der Waals surface area contributed by atoms with Gasteiger partial charge in [0.05, 0.1) is 23.5 Å². The molecule has 1 aromatic rings. The first-order valence-electron chi connectivity index (χ1n) is 11.8. The Labute approximate surface area is 195 Å². The van der Waals surface area contributed by atoms with Gasteiger partial charge in [-0.3, -0.25) is 4.90 Å². The predicted molar refractivity (Wildman–Crippen MR) is 140 cm³/mol. The number of amides is 1. The second-order valence-electron chi connectivity index (χ2n) is 10.5. The molecular weight excluding hydrogens is 414 g/mol. The number of likely N-dealkylation sites (N-methyl/N-ethyl adjacent to an activating group) is 1. The molecule has 0 fully saturated rings. The van der Waals surface area contributed by atoms with Gasteiger partial charge in [0.25, 0.3) is 8.32 Å². The van der Waals surface area contributed by atoms with Crippen LogP contribution in [0.1, 0.15) is 48.5 Å². The standard InChI is InChI=1S/C26H41N3O2Si/c1-17(2)32(18(3)4,19(5)6)31-26(30)29-22-13-11-20(7)15-24(22)28(10)25-16-21(27(8)9)12-14-23(25)29/h11-19,22,24H,1-10H3. The number of fused-ring (bicyclic) bond motifs is 2. The van der Waals surface area contributed by atoms with Crippen molar-refractivity contribution >= 4 is 31.5 Å². The molecule has 0 saturated heterocycles. The Morgan fingerprint density at radius 1 is 1.00 bits per heavy atom. The van der Waals surface area contributed by atoms with Crippen LogP contribution in [0.3, 0.4) is 0 Å². The van der Waals surface area contributed by atoms with Crippen LogP contribution in [-0.4, -0.2) is 47.6 Å². The minimum Gasteiger partial charge on any atom is -0.502 e. The van der Waals surface area contributed by atoms with Gasteiger partial charge >= 0.3 is 6.09 Å². The van der Waals surface area contributed by atoms with Crippen LogP contribution in [0.15, 0.2) is 42.0 Å². The van der Waals surface area contributed by atoms with Crippen LogP contribution in [0.2, 0.25) is 16.6 Å². The lowest BCUT2D eigenvalue weighted by Gasteiger charge is -2.49. The molecule has 6 heteroatoms. The smallest absolute Gasteiger partial charge is 0.401 e. The lowest BCUT2D eigenvalue weighted by Crippen LogP contribution is -2.59. The third-order valence-electron chi connectivity index (χ3n) is 7.37. The van der Waals surface area contributed by atoms with E-state index < -0.39 is 8.32 Å². The Bertz CT molecular complexity index is 898. The van der Waals surface area contributed by atoms with Crippen molar-refractivity contribution in [3.63, 3.8) is 0 Å². The first kappa shape index (κ1) is 24.4. The van der Waals surface area contributed by atoms with Crippen molar-refractivity contribution in [2.45, 2.75) is 77.2 Å². The molecule has 176 valence electrons. The van der Waals surface area contributed by atoms with Crippen molar-refractivity contribution in [3.05, 3.63) is 42.0 Å². The maximum atomic E-state index is 14.0. The van der Waals surface area contributed by atoms with Gasteiger partial charge in [0.2, 0.25) is 0 Å². The summed E-state index contributed by atoms with van der Waals surface area (Å²) in [5.74, 6) is 0.